The fourth-order valence-corrected chi connectivity index (χ4v) is 2.13. The van der Waals surface area contributed by atoms with Crippen molar-refractivity contribution in [3.63, 3.8) is 0 Å². The summed E-state index contributed by atoms with van der Waals surface area (Å²) in [6.45, 7) is 6.65. The number of aromatic nitrogens is 6. The summed E-state index contributed by atoms with van der Waals surface area (Å²) >= 11 is 0. The van der Waals surface area contributed by atoms with Crippen LogP contribution in [-0.4, -0.2) is 36.0 Å². The van der Waals surface area contributed by atoms with Crippen molar-refractivity contribution >= 4 is 5.97 Å². The average molecular weight is 292 g/mol. The van der Waals surface area contributed by atoms with Gasteiger partial charge >= 0.3 is 5.97 Å². The Bertz CT molecular complexity index is 631. The molecule has 2 heterocycles. The molecule has 114 valence electrons. The Morgan fingerprint density at radius 1 is 1.33 bits per heavy atom. The summed E-state index contributed by atoms with van der Waals surface area (Å²) in [6, 6.07) is 0. The van der Waals surface area contributed by atoms with Crippen LogP contribution in [0, 0.1) is 13.8 Å². The van der Waals surface area contributed by atoms with E-state index in [2.05, 4.69) is 20.6 Å². The lowest BCUT2D eigenvalue weighted by Crippen LogP contribution is -2.13. The number of carbonyl (C=O) groups excluding carboxylic acids is 1. The number of hydrogen-bond donors (Lipinski definition) is 0. The molecule has 2 aromatic rings. The number of tetrazole rings is 1. The van der Waals surface area contributed by atoms with E-state index in [-0.39, 0.29) is 19.0 Å². The van der Waals surface area contributed by atoms with Gasteiger partial charge in [0.1, 0.15) is 0 Å². The minimum atomic E-state index is -0.305. The topological polar surface area (TPSA) is 87.7 Å². The van der Waals surface area contributed by atoms with Crippen LogP contribution >= 0.6 is 0 Å². The summed E-state index contributed by atoms with van der Waals surface area (Å²) in [6.07, 6.45) is 1.13. The van der Waals surface area contributed by atoms with Gasteiger partial charge in [0, 0.05) is 24.8 Å². The second kappa shape index (κ2) is 6.47. The maximum Gasteiger partial charge on any atom is 0.310 e. The molecule has 0 fully saturated rings. The van der Waals surface area contributed by atoms with E-state index >= 15 is 0 Å². The Morgan fingerprint density at radius 2 is 2.10 bits per heavy atom. The highest BCUT2D eigenvalue weighted by molar-refractivity contribution is 5.73. The van der Waals surface area contributed by atoms with Crippen molar-refractivity contribution in [3.05, 3.63) is 22.8 Å². The summed E-state index contributed by atoms with van der Waals surface area (Å²) in [4.78, 5) is 12.0. The van der Waals surface area contributed by atoms with Gasteiger partial charge in [-0.15, -0.1) is 5.10 Å². The lowest BCUT2D eigenvalue weighted by molar-refractivity contribution is -0.144. The first-order valence-electron chi connectivity index (χ1n) is 6.92. The molecule has 0 bridgehead atoms. The van der Waals surface area contributed by atoms with Crippen LogP contribution in [0.3, 0.4) is 0 Å². The summed E-state index contributed by atoms with van der Waals surface area (Å²) in [5.41, 5.74) is 2.73. The first-order chi connectivity index (χ1) is 10.0. The number of hydrogen-bond acceptors (Lipinski definition) is 6. The molecule has 0 radical (unpaired) electrons. The van der Waals surface area contributed by atoms with Crippen molar-refractivity contribution < 1.29 is 9.53 Å². The molecule has 21 heavy (non-hydrogen) atoms. The molecule has 0 spiro atoms. The number of esters is 1. The van der Waals surface area contributed by atoms with Gasteiger partial charge in [0.15, 0.2) is 12.4 Å². The number of aryl methyl sites for hydroxylation is 3. The summed E-state index contributed by atoms with van der Waals surface area (Å²) in [7, 11) is 1.86. The van der Waals surface area contributed by atoms with Crippen molar-refractivity contribution in [3.8, 4) is 0 Å². The second-order valence-corrected chi connectivity index (χ2v) is 4.93. The molecule has 0 aromatic carbocycles. The Labute approximate surface area is 123 Å². The number of ether oxygens (including phenoxy) is 1. The molecular weight excluding hydrogens is 272 g/mol. The number of nitrogens with zero attached hydrogens (tertiary/aromatic N) is 6. The number of rotatable bonds is 6. The van der Waals surface area contributed by atoms with E-state index in [1.54, 1.807) is 9.36 Å². The molecule has 0 amide bonds. The van der Waals surface area contributed by atoms with Crippen LogP contribution in [0.4, 0.5) is 0 Å². The molecule has 0 aliphatic heterocycles. The van der Waals surface area contributed by atoms with Crippen LogP contribution in [0.5, 0.6) is 0 Å². The van der Waals surface area contributed by atoms with Gasteiger partial charge in [-0.1, -0.05) is 6.92 Å². The largest absolute Gasteiger partial charge is 0.457 e. The van der Waals surface area contributed by atoms with Crippen LogP contribution in [0.15, 0.2) is 0 Å². The summed E-state index contributed by atoms with van der Waals surface area (Å²) in [5, 5.41) is 15.6. The molecular formula is C13H20N6O2. The third-order valence-corrected chi connectivity index (χ3v) is 3.38. The van der Waals surface area contributed by atoms with Gasteiger partial charge in [0.25, 0.3) is 0 Å². The molecule has 0 atom stereocenters. The van der Waals surface area contributed by atoms with Gasteiger partial charge in [0.2, 0.25) is 0 Å². The van der Waals surface area contributed by atoms with E-state index < -0.39 is 0 Å². The quantitative estimate of drug-likeness (QED) is 0.729. The zero-order chi connectivity index (χ0) is 15.4. The normalized spacial score (nSPS) is 10.9. The first-order valence-corrected chi connectivity index (χ1v) is 6.92. The Hall–Kier alpha value is -2.25. The highest BCUT2D eigenvalue weighted by Crippen LogP contribution is 2.13. The maximum absolute atomic E-state index is 12.0. The SMILES string of the molecule is CCCn1nnnc1COC(=O)Cc1c(C)nn(C)c1C. The standard InChI is InChI=1S/C13H20N6O2/c1-5-6-19-12(14-16-17-19)8-21-13(20)7-11-9(2)15-18(4)10(11)3/h5-8H2,1-4H3. The molecule has 0 aliphatic carbocycles. The Morgan fingerprint density at radius 3 is 2.71 bits per heavy atom. The average Bonchev–Trinajstić information content (AvgIpc) is 2.97. The van der Waals surface area contributed by atoms with Crippen molar-refractivity contribution in [2.24, 2.45) is 7.05 Å². The smallest absolute Gasteiger partial charge is 0.310 e. The molecule has 2 aromatic heterocycles. The lowest BCUT2D eigenvalue weighted by Gasteiger charge is -2.05. The van der Waals surface area contributed by atoms with E-state index in [1.165, 1.54) is 0 Å². The molecule has 0 aliphatic rings. The second-order valence-electron chi connectivity index (χ2n) is 4.93. The maximum atomic E-state index is 12.0. The van der Waals surface area contributed by atoms with E-state index in [9.17, 15) is 4.79 Å². The van der Waals surface area contributed by atoms with E-state index in [1.807, 2.05) is 27.8 Å². The van der Waals surface area contributed by atoms with Gasteiger partial charge in [-0.3, -0.25) is 9.48 Å². The molecule has 0 N–H and O–H groups in total. The van der Waals surface area contributed by atoms with Crippen LogP contribution in [0.1, 0.15) is 36.1 Å². The Kier molecular flexibility index (Phi) is 4.66. The molecule has 8 heteroatoms. The van der Waals surface area contributed by atoms with E-state index in [0.29, 0.717) is 12.4 Å². The monoisotopic (exact) mass is 292 g/mol. The third-order valence-electron chi connectivity index (χ3n) is 3.38. The first kappa shape index (κ1) is 15.1. The predicted octanol–water partition coefficient (Wildman–Crippen LogP) is 0.719. The third kappa shape index (κ3) is 3.45. The lowest BCUT2D eigenvalue weighted by atomic mass is 10.1. The molecule has 0 saturated carbocycles. The van der Waals surface area contributed by atoms with E-state index in [4.69, 9.17) is 4.74 Å². The van der Waals surface area contributed by atoms with Gasteiger partial charge in [0.05, 0.1) is 12.1 Å². The van der Waals surface area contributed by atoms with Crippen LogP contribution in [0.2, 0.25) is 0 Å². The summed E-state index contributed by atoms with van der Waals surface area (Å²) in [5.74, 6) is 0.255. The van der Waals surface area contributed by atoms with Gasteiger partial charge in [-0.2, -0.15) is 5.10 Å². The van der Waals surface area contributed by atoms with Crippen LogP contribution in [-0.2, 0) is 36.2 Å². The number of carbonyl (C=O) groups is 1. The van der Waals surface area contributed by atoms with Crippen molar-refractivity contribution in [1.29, 1.82) is 0 Å². The molecule has 8 nitrogen and oxygen atoms in total. The van der Waals surface area contributed by atoms with Crippen molar-refractivity contribution in [1.82, 2.24) is 30.0 Å². The summed E-state index contributed by atoms with van der Waals surface area (Å²) < 4.78 is 8.67. The van der Waals surface area contributed by atoms with Crippen molar-refractivity contribution in [2.45, 2.75) is 46.8 Å². The molecule has 0 saturated heterocycles. The van der Waals surface area contributed by atoms with Gasteiger partial charge in [-0.05, 0) is 30.7 Å². The predicted molar refractivity (Wildman–Crippen MR) is 74.3 cm³/mol. The van der Waals surface area contributed by atoms with Crippen LogP contribution in [0.25, 0.3) is 0 Å². The van der Waals surface area contributed by atoms with Gasteiger partial charge < -0.3 is 4.74 Å². The van der Waals surface area contributed by atoms with E-state index in [0.717, 1.165) is 23.4 Å². The fourth-order valence-electron chi connectivity index (χ4n) is 2.13. The zero-order valence-corrected chi connectivity index (χ0v) is 12.8. The highest BCUT2D eigenvalue weighted by Gasteiger charge is 2.15. The van der Waals surface area contributed by atoms with Crippen LogP contribution < -0.4 is 0 Å². The highest BCUT2D eigenvalue weighted by atomic mass is 16.5. The van der Waals surface area contributed by atoms with Gasteiger partial charge in [-0.25, -0.2) is 4.68 Å². The zero-order valence-electron chi connectivity index (χ0n) is 12.8. The van der Waals surface area contributed by atoms with Crippen molar-refractivity contribution in [2.75, 3.05) is 0 Å². The minimum Gasteiger partial charge on any atom is -0.457 e. The fraction of sp³-hybridized carbons (Fsp3) is 0.615. The molecule has 2 rings (SSSR count). The Balaban J connectivity index is 1.94. The minimum absolute atomic E-state index is 0.0875. The molecule has 0 unspecified atom stereocenters.